The second-order valence-electron chi connectivity index (χ2n) is 6.02. The van der Waals surface area contributed by atoms with Gasteiger partial charge in [0.15, 0.2) is 0 Å². The lowest BCUT2D eigenvalue weighted by molar-refractivity contribution is -0.127. The molecule has 1 heterocycles. The lowest BCUT2D eigenvalue weighted by Gasteiger charge is -2.16. The molecule has 1 aliphatic rings. The van der Waals surface area contributed by atoms with Gasteiger partial charge in [0.25, 0.3) is 0 Å². The highest BCUT2D eigenvalue weighted by atomic mass is 16.2. The van der Waals surface area contributed by atoms with Gasteiger partial charge in [-0.05, 0) is 38.4 Å². The largest absolute Gasteiger partial charge is 0.342 e. The summed E-state index contributed by atoms with van der Waals surface area (Å²) in [5, 5.41) is 3.48. The summed E-state index contributed by atoms with van der Waals surface area (Å²) in [4.78, 5) is 13.7. The maximum Gasteiger partial charge on any atom is 0.222 e. The van der Waals surface area contributed by atoms with Crippen LogP contribution in [0.25, 0.3) is 0 Å². The van der Waals surface area contributed by atoms with Crippen LogP contribution < -0.4 is 11.1 Å². The van der Waals surface area contributed by atoms with Crippen molar-refractivity contribution >= 4 is 5.91 Å². The summed E-state index contributed by atoms with van der Waals surface area (Å²) in [5.74, 6) is 0.676. The van der Waals surface area contributed by atoms with Crippen LogP contribution in [-0.2, 0) is 4.79 Å². The maximum absolute atomic E-state index is 11.7. The SMILES string of the molecule is CCCCCCCCNCCCN1CC(CN)CC1=O. The van der Waals surface area contributed by atoms with Gasteiger partial charge in [0.2, 0.25) is 5.91 Å². The summed E-state index contributed by atoms with van der Waals surface area (Å²) in [7, 11) is 0. The van der Waals surface area contributed by atoms with Crippen molar-refractivity contribution in [3.8, 4) is 0 Å². The maximum atomic E-state index is 11.7. The first kappa shape index (κ1) is 17.4. The van der Waals surface area contributed by atoms with Gasteiger partial charge >= 0.3 is 0 Å². The van der Waals surface area contributed by atoms with E-state index in [-0.39, 0.29) is 5.91 Å². The van der Waals surface area contributed by atoms with Gasteiger partial charge in [-0.15, -0.1) is 0 Å². The number of carbonyl (C=O) groups excluding carboxylic acids is 1. The summed E-state index contributed by atoms with van der Waals surface area (Å²) in [6.45, 7) is 6.78. The van der Waals surface area contributed by atoms with Crippen molar-refractivity contribution < 1.29 is 4.79 Å². The third kappa shape index (κ3) is 7.25. The summed E-state index contributed by atoms with van der Waals surface area (Å²) < 4.78 is 0. The molecule has 1 fully saturated rings. The lowest BCUT2D eigenvalue weighted by Crippen LogP contribution is -2.29. The zero-order chi connectivity index (χ0) is 14.6. The highest BCUT2D eigenvalue weighted by Gasteiger charge is 2.27. The number of nitrogens with one attached hydrogen (secondary N) is 1. The second kappa shape index (κ2) is 11.1. The Kier molecular flexibility index (Phi) is 9.67. The molecule has 1 saturated heterocycles. The number of likely N-dealkylation sites (tertiary alicyclic amines) is 1. The Bertz CT molecular complexity index is 258. The van der Waals surface area contributed by atoms with Crippen LogP contribution in [0.15, 0.2) is 0 Å². The van der Waals surface area contributed by atoms with E-state index in [1.807, 2.05) is 4.90 Å². The zero-order valence-electron chi connectivity index (χ0n) is 13.2. The highest BCUT2D eigenvalue weighted by Crippen LogP contribution is 2.16. The molecule has 0 aromatic rings. The summed E-state index contributed by atoms with van der Waals surface area (Å²) in [6.07, 6.45) is 9.78. The van der Waals surface area contributed by atoms with E-state index in [0.29, 0.717) is 18.9 Å². The lowest BCUT2D eigenvalue weighted by atomic mass is 10.1. The van der Waals surface area contributed by atoms with E-state index < -0.39 is 0 Å². The van der Waals surface area contributed by atoms with E-state index in [2.05, 4.69) is 12.2 Å². The number of nitrogens with zero attached hydrogens (tertiary/aromatic N) is 1. The zero-order valence-corrected chi connectivity index (χ0v) is 13.2. The first-order valence-corrected chi connectivity index (χ1v) is 8.46. The third-order valence-corrected chi connectivity index (χ3v) is 4.12. The van der Waals surface area contributed by atoms with E-state index in [9.17, 15) is 4.79 Å². The molecule has 118 valence electrons. The Labute approximate surface area is 124 Å². The van der Waals surface area contributed by atoms with Crippen molar-refractivity contribution in [2.75, 3.05) is 32.7 Å². The Hall–Kier alpha value is -0.610. The van der Waals surface area contributed by atoms with Gasteiger partial charge in [-0.3, -0.25) is 4.79 Å². The summed E-state index contributed by atoms with van der Waals surface area (Å²) in [6, 6.07) is 0. The van der Waals surface area contributed by atoms with Gasteiger partial charge < -0.3 is 16.0 Å². The van der Waals surface area contributed by atoms with Crippen LogP contribution >= 0.6 is 0 Å². The predicted molar refractivity (Wildman–Crippen MR) is 84.6 cm³/mol. The predicted octanol–water partition coefficient (Wildman–Crippen LogP) is 2.13. The Morgan fingerprint density at radius 2 is 1.85 bits per heavy atom. The third-order valence-electron chi connectivity index (χ3n) is 4.12. The fraction of sp³-hybridized carbons (Fsp3) is 0.938. The second-order valence-corrected chi connectivity index (χ2v) is 6.02. The van der Waals surface area contributed by atoms with Crippen LogP contribution in [-0.4, -0.2) is 43.5 Å². The van der Waals surface area contributed by atoms with Gasteiger partial charge in [-0.1, -0.05) is 39.0 Å². The molecule has 0 aliphatic carbocycles. The van der Waals surface area contributed by atoms with Crippen molar-refractivity contribution in [3.63, 3.8) is 0 Å². The van der Waals surface area contributed by atoms with E-state index in [4.69, 9.17) is 5.73 Å². The molecule has 4 heteroatoms. The van der Waals surface area contributed by atoms with Crippen LogP contribution in [0.4, 0.5) is 0 Å². The minimum Gasteiger partial charge on any atom is -0.342 e. The molecule has 0 aromatic heterocycles. The fourth-order valence-corrected chi connectivity index (χ4v) is 2.78. The van der Waals surface area contributed by atoms with Gasteiger partial charge in [0, 0.05) is 19.5 Å². The number of nitrogens with two attached hydrogens (primary N) is 1. The highest BCUT2D eigenvalue weighted by molar-refractivity contribution is 5.78. The van der Waals surface area contributed by atoms with Gasteiger partial charge in [-0.2, -0.15) is 0 Å². The first-order valence-electron chi connectivity index (χ1n) is 8.46. The molecule has 1 amide bonds. The van der Waals surface area contributed by atoms with Crippen LogP contribution in [0.2, 0.25) is 0 Å². The topological polar surface area (TPSA) is 58.4 Å². The standard InChI is InChI=1S/C16H33N3O/c1-2-3-4-5-6-7-9-18-10-8-11-19-14-15(13-17)12-16(19)20/h15,18H,2-14,17H2,1H3. The van der Waals surface area contributed by atoms with Crippen LogP contribution in [0, 0.1) is 5.92 Å². The number of hydrogen-bond acceptors (Lipinski definition) is 3. The van der Waals surface area contributed by atoms with Crippen LogP contribution in [0.5, 0.6) is 0 Å². The molecule has 1 rings (SSSR count). The van der Waals surface area contributed by atoms with E-state index in [0.717, 1.165) is 32.6 Å². The molecule has 4 nitrogen and oxygen atoms in total. The molecule has 0 spiro atoms. The van der Waals surface area contributed by atoms with Crippen molar-refractivity contribution in [1.82, 2.24) is 10.2 Å². The molecule has 0 radical (unpaired) electrons. The first-order chi connectivity index (χ1) is 9.77. The molecule has 1 aliphatic heterocycles. The Morgan fingerprint density at radius 1 is 1.15 bits per heavy atom. The van der Waals surface area contributed by atoms with E-state index in [1.54, 1.807) is 0 Å². The van der Waals surface area contributed by atoms with Crippen LogP contribution in [0.1, 0.15) is 58.3 Å². The molecular formula is C16H33N3O. The minimum atomic E-state index is 0.288. The van der Waals surface area contributed by atoms with Crippen molar-refractivity contribution in [3.05, 3.63) is 0 Å². The van der Waals surface area contributed by atoms with E-state index >= 15 is 0 Å². The van der Waals surface area contributed by atoms with Gasteiger partial charge in [-0.25, -0.2) is 0 Å². The molecule has 0 aromatic carbocycles. The average Bonchev–Trinajstić information content (AvgIpc) is 2.81. The molecule has 20 heavy (non-hydrogen) atoms. The van der Waals surface area contributed by atoms with Crippen molar-refractivity contribution in [1.29, 1.82) is 0 Å². The number of carbonyl (C=O) groups is 1. The molecule has 0 saturated carbocycles. The quantitative estimate of drug-likeness (QED) is 0.540. The van der Waals surface area contributed by atoms with E-state index in [1.165, 1.54) is 38.5 Å². The monoisotopic (exact) mass is 283 g/mol. The summed E-state index contributed by atoms with van der Waals surface area (Å²) in [5.41, 5.74) is 5.62. The minimum absolute atomic E-state index is 0.288. The average molecular weight is 283 g/mol. The molecular weight excluding hydrogens is 250 g/mol. The number of hydrogen-bond donors (Lipinski definition) is 2. The number of amides is 1. The fourth-order valence-electron chi connectivity index (χ4n) is 2.78. The van der Waals surface area contributed by atoms with Crippen molar-refractivity contribution in [2.45, 2.75) is 58.3 Å². The summed E-state index contributed by atoms with van der Waals surface area (Å²) >= 11 is 0. The molecule has 1 unspecified atom stereocenters. The van der Waals surface area contributed by atoms with Crippen molar-refractivity contribution in [2.24, 2.45) is 11.7 Å². The van der Waals surface area contributed by atoms with Crippen LogP contribution in [0.3, 0.4) is 0 Å². The smallest absolute Gasteiger partial charge is 0.222 e. The molecule has 3 N–H and O–H groups in total. The van der Waals surface area contributed by atoms with Gasteiger partial charge in [0.05, 0.1) is 0 Å². The number of rotatable bonds is 12. The normalized spacial score (nSPS) is 19.0. The molecule has 1 atom stereocenters. The molecule has 0 bridgehead atoms. The van der Waals surface area contributed by atoms with Gasteiger partial charge in [0.1, 0.15) is 0 Å². The Balaban J connectivity index is 1.86. The number of unbranched alkanes of at least 4 members (excludes halogenated alkanes) is 5. The Morgan fingerprint density at radius 3 is 2.55 bits per heavy atom.